The summed E-state index contributed by atoms with van der Waals surface area (Å²) in [6, 6.07) is 10.1. The van der Waals surface area contributed by atoms with Gasteiger partial charge in [-0.3, -0.25) is 4.98 Å². The SMILES string of the molecule is Cc1ccc(CC(Br)c2cccc(Br)c2Cl)nc1. The van der Waals surface area contributed by atoms with Crippen molar-refractivity contribution in [1.82, 2.24) is 4.98 Å². The second-order valence-electron chi connectivity index (χ2n) is 4.14. The smallest absolute Gasteiger partial charge is 0.0591 e. The molecule has 1 heterocycles. The first kappa shape index (κ1) is 14.0. The molecule has 0 aliphatic heterocycles. The molecule has 0 saturated carbocycles. The van der Waals surface area contributed by atoms with Crippen molar-refractivity contribution in [3.8, 4) is 0 Å². The molecule has 94 valence electrons. The fraction of sp³-hybridized carbons (Fsp3) is 0.214. The number of halogens is 3. The van der Waals surface area contributed by atoms with E-state index in [0.29, 0.717) is 0 Å². The fourth-order valence-corrected chi connectivity index (χ4v) is 3.16. The van der Waals surface area contributed by atoms with E-state index in [1.807, 2.05) is 31.3 Å². The maximum Gasteiger partial charge on any atom is 0.0591 e. The van der Waals surface area contributed by atoms with E-state index in [9.17, 15) is 0 Å². The molecular weight excluding hydrogens is 377 g/mol. The molecule has 0 aliphatic carbocycles. The van der Waals surface area contributed by atoms with Crippen LogP contribution in [0.4, 0.5) is 0 Å². The minimum absolute atomic E-state index is 0.165. The van der Waals surface area contributed by atoms with Crippen molar-refractivity contribution in [3.05, 3.63) is 62.8 Å². The molecule has 1 unspecified atom stereocenters. The molecule has 1 aromatic carbocycles. The van der Waals surface area contributed by atoms with E-state index < -0.39 is 0 Å². The van der Waals surface area contributed by atoms with Crippen LogP contribution in [-0.4, -0.2) is 4.98 Å². The Kier molecular flexibility index (Phi) is 4.82. The second-order valence-corrected chi connectivity index (χ2v) is 6.48. The molecule has 0 amide bonds. The molecule has 0 fully saturated rings. The van der Waals surface area contributed by atoms with Gasteiger partial charge >= 0.3 is 0 Å². The van der Waals surface area contributed by atoms with Crippen molar-refractivity contribution in [2.45, 2.75) is 18.2 Å². The summed E-state index contributed by atoms with van der Waals surface area (Å²) in [5, 5.41) is 0.756. The fourth-order valence-electron chi connectivity index (χ4n) is 1.68. The van der Waals surface area contributed by atoms with Crippen molar-refractivity contribution >= 4 is 43.5 Å². The van der Waals surface area contributed by atoms with Crippen LogP contribution < -0.4 is 0 Å². The third kappa shape index (κ3) is 3.34. The van der Waals surface area contributed by atoms with Gasteiger partial charge in [0.2, 0.25) is 0 Å². The molecule has 2 aromatic rings. The summed E-state index contributed by atoms with van der Waals surface area (Å²) in [4.78, 5) is 4.58. The molecular formula is C14H12Br2ClN. The Bertz CT molecular complexity index is 540. The molecule has 18 heavy (non-hydrogen) atoms. The summed E-state index contributed by atoms with van der Waals surface area (Å²) in [5.74, 6) is 0. The minimum Gasteiger partial charge on any atom is -0.261 e. The molecule has 1 nitrogen and oxygen atoms in total. The average Bonchev–Trinajstić information content (AvgIpc) is 2.35. The summed E-state index contributed by atoms with van der Waals surface area (Å²) in [6.07, 6.45) is 2.70. The lowest BCUT2D eigenvalue weighted by molar-refractivity contribution is 0.901. The number of nitrogens with zero attached hydrogens (tertiary/aromatic N) is 1. The van der Waals surface area contributed by atoms with Crippen molar-refractivity contribution < 1.29 is 0 Å². The molecule has 0 N–H and O–H groups in total. The van der Waals surface area contributed by atoms with Crippen LogP contribution in [0.1, 0.15) is 21.6 Å². The first-order chi connectivity index (χ1) is 8.58. The average molecular weight is 390 g/mol. The molecule has 0 spiro atoms. The Morgan fingerprint density at radius 3 is 2.72 bits per heavy atom. The number of alkyl halides is 1. The van der Waals surface area contributed by atoms with Crippen LogP contribution in [0.15, 0.2) is 41.0 Å². The van der Waals surface area contributed by atoms with Crippen molar-refractivity contribution in [2.24, 2.45) is 0 Å². The van der Waals surface area contributed by atoms with Crippen molar-refractivity contribution in [1.29, 1.82) is 0 Å². The number of aromatic nitrogens is 1. The van der Waals surface area contributed by atoms with Gasteiger partial charge in [0.05, 0.1) is 5.02 Å². The number of hydrogen-bond acceptors (Lipinski definition) is 1. The highest BCUT2D eigenvalue weighted by Crippen LogP contribution is 2.35. The molecule has 4 heteroatoms. The Hall–Kier alpha value is -0.380. The van der Waals surface area contributed by atoms with Crippen LogP contribution in [0, 0.1) is 6.92 Å². The Morgan fingerprint density at radius 1 is 1.28 bits per heavy atom. The summed E-state index contributed by atoms with van der Waals surface area (Å²) < 4.78 is 0.919. The van der Waals surface area contributed by atoms with E-state index in [1.54, 1.807) is 0 Å². The van der Waals surface area contributed by atoms with Gasteiger partial charge in [-0.15, -0.1) is 0 Å². The first-order valence-corrected chi connectivity index (χ1v) is 7.66. The quantitative estimate of drug-likeness (QED) is 0.633. The highest BCUT2D eigenvalue weighted by Gasteiger charge is 2.14. The van der Waals surface area contributed by atoms with E-state index in [2.05, 4.69) is 49.0 Å². The van der Waals surface area contributed by atoms with Crippen LogP contribution in [0.3, 0.4) is 0 Å². The van der Waals surface area contributed by atoms with E-state index in [4.69, 9.17) is 11.6 Å². The zero-order valence-electron chi connectivity index (χ0n) is 9.83. The van der Waals surface area contributed by atoms with Gasteiger partial charge in [0.15, 0.2) is 0 Å². The maximum atomic E-state index is 6.28. The van der Waals surface area contributed by atoms with Gasteiger partial charge in [0.25, 0.3) is 0 Å². The number of hydrogen-bond donors (Lipinski definition) is 0. The van der Waals surface area contributed by atoms with E-state index in [-0.39, 0.29) is 4.83 Å². The van der Waals surface area contributed by atoms with Gasteiger partial charge in [-0.25, -0.2) is 0 Å². The summed E-state index contributed by atoms with van der Waals surface area (Å²) in [7, 11) is 0. The first-order valence-electron chi connectivity index (χ1n) is 5.57. The largest absolute Gasteiger partial charge is 0.261 e. The highest BCUT2D eigenvalue weighted by atomic mass is 79.9. The van der Waals surface area contributed by atoms with Crippen LogP contribution in [0.2, 0.25) is 5.02 Å². The van der Waals surface area contributed by atoms with E-state index in [0.717, 1.165) is 27.2 Å². The van der Waals surface area contributed by atoms with Gasteiger partial charge in [-0.1, -0.05) is 45.7 Å². The third-order valence-corrected chi connectivity index (χ3v) is 4.81. The summed E-state index contributed by atoms with van der Waals surface area (Å²) in [5.41, 5.74) is 3.30. The molecule has 0 saturated heterocycles. The van der Waals surface area contributed by atoms with Crippen LogP contribution >= 0.6 is 43.5 Å². The second kappa shape index (κ2) is 6.18. The molecule has 1 aromatic heterocycles. The minimum atomic E-state index is 0.165. The Labute approximate surface area is 129 Å². The van der Waals surface area contributed by atoms with Gasteiger partial charge < -0.3 is 0 Å². The molecule has 0 radical (unpaired) electrons. The van der Waals surface area contributed by atoms with Crippen LogP contribution in [-0.2, 0) is 6.42 Å². The Morgan fingerprint density at radius 2 is 2.06 bits per heavy atom. The number of benzene rings is 1. The lowest BCUT2D eigenvalue weighted by Crippen LogP contribution is -1.99. The van der Waals surface area contributed by atoms with Gasteiger partial charge in [0, 0.05) is 27.6 Å². The van der Waals surface area contributed by atoms with Gasteiger partial charge in [-0.2, -0.15) is 0 Å². The predicted octanol–water partition coefficient (Wildman–Crippen LogP) is 5.48. The number of rotatable bonds is 3. The lowest BCUT2D eigenvalue weighted by Gasteiger charge is -2.12. The third-order valence-electron chi connectivity index (χ3n) is 2.68. The highest BCUT2D eigenvalue weighted by molar-refractivity contribution is 9.10. The standard InChI is InChI=1S/C14H12Br2ClN/c1-9-5-6-10(18-8-9)7-13(16)11-3-2-4-12(15)14(11)17/h2-6,8,13H,7H2,1H3. The molecule has 2 rings (SSSR count). The molecule has 1 atom stereocenters. The van der Waals surface area contributed by atoms with Crippen LogP contribution in [0.5, 0.6) is 0 Å². The zero-order chi connectivity index (χ0) is 13.1. The van der Waals surface area contributed by atoms with Crippen molar-refractivity contribution in [2.75, 3.05) is 0 Å². The number of pyridine rings is 1. The van der Waals surface area contributed by atoms with E-state index >= 15 is 0 Å². The summed E-state index contributed by atoms with van der Waals surface area (Å²) >= 11 is 13.4. The monoisotopic (exact) mass is 387 g/mol. The summed E-state index contributed by atoms with van der Waals surface area (Å²) in [6.45, 7) is 2.04. The van der Waals surface area contributed by atoms with Crippen LogP contribution in [0.25, 0.3) is 0 Å². The van der Waals surface area contributed by atoms with Gasteiger partial charge in [-0.05, 0) is 46.1 Å². The predicted molar refractivity (Wildman–Crippen MR) is 83.5 cm³/mol. The number of aryl methyl sites for hydroxylation is 1. The molecule has 0 aliphatic rings. The zero-order valence-corrected chi connectivity index (χ0v) is 13.8. The van der Waals surface area contributed by atoms with Crippen molar-refractivity contribution in [3.63, 3.8) is 0 Å². The van der Waals surface area contributed by atoms with E-state index in [1.165, 1.54) is 5.56 Å². The maximum absolute atomic E-state index is 6.28. The molecule has 0 bridgehead atoms. The van der Waals surface area contributed by atoms with Gasteiger partial charge in [0.1, 0.15) is 0 Å². The topological polar surface area (TPSA) is 12.9 Å². The normalized spacial score (nSPS) is 12.4. The lowest BCUT2D eigenvalue weighted by atomic mass is 10.1. The Balaban J connectivity index is 2.19.